The highest BCUT2D eigenvalue weighted by molar-refractivity contribution is 7.92. The van der Waals surface area contributed by atoms with Gasteiger partial charge in [0.15, 0.2) is 0 Å². The van der Waals surface area contributed by atoms with Gasteiger partial charge in [0.05, 0.1) is 15.6 Å². The van der Waals surface area contributed by atoms with Crippen LogP contribution in [0.3, 0.4) is 0 Å². The van der Waals surface area contributed by atoms with Gasteiger partial charge in [0.2, 0.25) is 11.8 Å². The molecule has 0 saturated carbocycles. The molecule has 7 nitrogen and oxygen atoms in total. The van der Waals surface area contributed by atoms with Crippen molar-refractivity contribution < 1.29 is 18.0 Å². The summed E-state index contributed by atoms with van der Waals surface area (Å²) in [6, 6.07) is 16.4. The summed E-state index contributed by atoms with van der Waals surface area (Å²) in [7, 11) is -4.22. The van der Waals surface area contributed by atoms with Gasteiger partial charge in [-0.25, -0.2) is 8.42 Å². The summed E-state index contributed by atoms with van der Waals surface area (Å²) >= 11 is 18.8. The van der Waals surface area contributed by atoms with Gasteiger partial charge in [0.1, 0.15) is 12.6 Å². The number of halogens is 3. The van der Waals surface area contributed by atoms with E-state index in [1.54, 1.807) is 63.2 Å². The van der Waals surface area contributed by atoms with Crippen LogP contribution in [0, 0.1) is 6.92 Å². The molecule has 3 aromatic rings. The quantitative estimate of drug-likeness (QED) is 0.301. The first-order valence-electron chi connectivity index (χ1n) is 12.2. The normalized spacial score (nSPS) is 12.2. The summed E-state index contributed by atoms with van der Waals surface area (Å²) in [5.74, 6) is -1.02. The zero-order valence-electron chi connectivity index (χ0n) is 22.0. The first-order valence-corrected chi connectivity index (χ1v) is 14.8. The molecule has 11 heteroatoms. The molecule has 0 unspecified atom stereocenters. The molecule has 208 valence electrons. The Balaban J connectivity index is 2.06. The van der Waals surface area contributed by atoms with Crippen molar-refractivity contribution in [3.8, 4) is 0 Å². The van der Waals surface area contributed by atoms with Gasteiger partial charge < -0.3 is 10.2 Å². The standard InChI is InChI=1S/C28H30Cl3N3O4S/c1-18(2)32-28(36)20(4)33(16-21-11-12-22(29)15-25(21)31)27(35)17-34(26-8-6-5-7-24(26)30)39(37,38)23-13-9-19(3)10-14-23/h5-15,18,20H,16-17H2,1-4H3,(H,32,36)/t20-/m1/s1. The molecule has 0 radical (unpaired) electrons. The highest BCUT2D eigenvalue weighted by atomic mass is 35.5. The molecule has 0 bridgehead atoms. The number of carbonyl (C=O) groups is 2. The Morgan fingerprint density at radius 3 is 2.13 bits per heavy atom. The number of amides is 2. The minimum Gasteiger partial charge on any atom is -0.352 e. The number of hydrogen-bond donors (Lipinski definition) is 1. The van der Waals surface area contributed by atoms with Crippen LogP contribution in [0.5, 0.6) is 0 Å². The van der Waals surface area contributed by atoms with Crippen molar-refractivity contribution >= 4 is 62.3 Å². The highest BCUT2D eigenvalue weighted by Crippen LogP contribution is 2.31. The molecule has 0 aromatic heterocycles. The topological polar surface area (TPSA) is 86.8 Å². The van der Waals surface area contributed by atoms with E-state index < -0.39 is 34.4 Å². The van der Waals surface area contributed by atoms with Crippen LogP contribution >= 0.6 is 34.8 Å². The largest absolute Gasteiger partial charge is 0.352 e. The lowest BCUT2D eigenvalue weighted by Crippen LogP contribution is -2.52. The number of rotatable bonds is 10. The third kappa shape index (κ3) is 7.66. The summed E-state index contributed by atoms with van der Waals surface area (Å²) in [5.41, 5.74) is 1.56. The van der Waals surface area contributed by atoms with E-state index in [2.05, 4.69) is 5.32 Å². The number of nitrogens with zero attached hydrogens (tertiary/aromatic N) is 2. The van der Waals surface area contributed by atoms with Crippen LogP contribution in [0.15, 0.2) is 71.6 Å². The number of aryl methyl sites for hydroxylation is 1. The van der Waals surface area contributed by atoms with Gasteiger partial charge in [0, 0.05) is 22.6 Å². The number of benzene rings is 3. The molecule has 3 aromatic carbocycles. The smallest absolute Gasteiger partial charge is 0.264 e. The Morgan fingerprint density at radius 2 is 1.54 bits per heavy atom. The van der Waals surface area contributed by atoms with Crippen LogP contribution in [0.4, 0.5) is 5.69 Å². The van der Waals surface area contributed by atoms with Crippen molar-refractivity contribution in [3.05, 3.63) is 92.9 Å². The molecule has 0 aliphatic rings. The van der Waals surface area contributed by atoms with Crippen molar-refractivity contribution in [1.82, 2.24) is 10.2 Å². The Hall–Kier alpha value is -2.78. The molecule has 0 heterocycles. The average Bonchev–Trinajstić information content (AvgIpc) is 2.86. The van der Waals surface area contributed by atoms with Gasteiger partial charge >= 0.3 is 0 Å². The van der Waals surface area contributed by atoms with Crippen molar-refractivity contribution in [2.45, 2.75) is 51.2 Å². The molecule has 0 aliphatic heterocycles. The van der Waals surface area contributed by atoms with Gasteiger partial charge in [-0.05, 0) is 69.7 Å². The summed E-state index contributed by atoms with van der Waals surface area (Å²) in [5, 5.41) is 3.68. The number of sulfonamides is 1. The highest BCUT2D eigenvalue weighted by Gasteiger charge is 2.33. The lowest BCUT2D eigenvalue weighted by atomic mass is 10.1. The molecule has 3 rings (SSSR count). The summed E-state index contributed by atoms with van der Waals surface area (Å²) in [6.45, 7) is 6.37. The first kappa shape index (κ1) is 30.8. The van der Waals surface area contributed by atoms with Gasteiger partial charge in [-0.1, -0.05) is 70.7 Å². The van der Waals surface area contributed by atoms with Gasteiger partial charge in [-0.3, -0.25) is 13.9 Å². The van der Waals surface area contributed by atoms with Gasteiger partial charge in [-0.2, -0.15) is 0 Å². The van der Waals surface area contributed by atoms with Gasteiger partial charge in [-0.15, -0.1) is 0 Å². The fraction of sp³-hybridized carbons (Fsp3) is 0.286. The summed E-state index contributed by atoms with van der Waals surface area (Å²) < 4.78 is 28.6. The van der Waals surface area contributed by atoms with E-state index in [4.69, 9.17) is 34.8 Å². The molecule has 1 N–H and O–H groups in total. The van der Waals surface area contributed by atoms with Gasteiger partial charge in [0.25, 0.3) is 10.0 Å². The zero-order valence-corrected chi connectivity index (χ0v) is 25.1. The predicted octanol–water partition coefficient (Wildman–Crippen LogP) is 6.09. The molecular formula is C28H30Cl3N3O4S. The maximum atomic E-state index is 13.9. The lowest BCUT2D eigenvalue weighted by Gasteiger charge is -2.32. The van der Waals surface area contributed by atoms with E-state index in [0.717, 1.165) is 9.87 Å². The zero-order chi connectivity index (χ0) is 28.9. The summed E-state index contributed by atoms with van der Waals surface area (Å²) in [4.78, 5) is 28.2. The number of para-hydroxylation sites is 1. The molecule has 0 spiro atoms. The number of carbonyl (C=O) groups excluding carboxylic acids is 2. The molecule has 1 atom stereocenters. The van der Waals surface area contributed by atoms with Crippen molar-refractivity contribution in [2.24, 2.45) is 0 Å². The van der Waals surface area contributed by atoms with Crippen LogP contribution in [0.25, 0.3) is 0 Å². The fourth-order valence-electron chi connectivity index (χ4n) is 3.83. The van der Waals surface area contributed by atoms with Crippen LogP contribution in [-0.4, -0.2) is 43.8 Å². The number of hydrogen-bond acceptors (Lipinski definition) is 4. The van der Waals surface area contributed by atoms with Crippen molar-refractivity contribution in [3.63, 3.8) is 0 Å². The van der Waals surface area contributed by atoms with E-state index >= 15 is 0 Å². The second-order valence-electron chi connectivity index (χ2n) is 9.37. The third-order valence-electron chi connectivity index (χ3n) is 5.96. The van der Waals surface area contributed by atoms with E-state index in [9.17, 15) is 18.0 Å². The molecule has 0 fully saturated rings. The maximum absolute atomic E-state index is 13.9. The fourth-order valence-corrected chi connectivity index (χ4v) is 6.02. The van der Waals surface area contributed by atoms with Crippen LogP contribution in [0.1, 0.15) is 31.9 Å². The predicted molar refractivity (Wildman–Crippen MR) is 157 cm³/mol. The van der Waals surface area contributed by atoms with E-state index in [-0.39, 0.29) is 28.2 Å². The molecular weight excluding hydrogens is 581 g/mol. The average molecular weight is 611 g/mol. The minimum atomic E-state index is -4.22. The van der Waals surface area contributed by atoms with Crippen LogP contribution in [0.2, 0.25) is 15.1 Å². The van der Waals surface area contributed by atoms with Crippen LogP contribution in [-0.2, 0) is 26.2 Å². The third-order valence-corrected chi connectivity index (χ3v) is 8.64. The lowest BCUT2D eigenvalue weighted by molar-refractivity contribution is -0.139. The maximum Gasteiger partial charge on any atom is 0.264 e. The summed E-state index contributed by atoms with van der Waals surface area (Å²) in [6.07, 6.45) is 0. The number of nitrogens with one attached hydrogen (secondary N) is 1. The van der Waals surface area contributed by atoms with E-state index in [1.165, 1.54) is 29.2 Å². The second kappa shape index (κ2) is 13.0. The van der Waals surface area contributed by atoms with E-state index in [1.807, 2.05) is 6.92 Å². The molecule has 2 amide bonds. The SMILES string of the molecule is Cc1ccc(S(=O)(=O)N(CC(=O)N(Cc2ccc(Cl)cc2Cl)[C@H](C)C(=O)NC(C)C)c2ccccc2Cl)cc1. The van der Waals surface area contributed by atoms with Crippen LogP contribution < -0.4 is 9.62 Å². The first-order chi connectivity index (χ1) is 18.3. The molecule has 39 heavy (non-hydrogen) atoms. The number of anilines is 1. The Kier molecular flexibility index (Phi) is 10.3. The monoisotopic (exact) mass is 609 g/mol. The Bertz CT molecular complexity index is 1450. The minimum absolute atomic E-state index is 0.00119. The van der Waals surface area contributed by atoms with Crippen molar-refractivity contribution in [1.29, 1.82) is 0 Å². The Labute approximate surface area is 244 Å². The van der Waals surface area contributed by atoms with E-state index in [0.29, 0.717) is 15.6 Å². The van der Waals surface area contributed by atoms with Crippen molar-refractivity contribution in [2.75, 3.05) is 10.8 Å². The second-order valence-corrected chi connectivity index (χ2v) is 12.5. The molecule has 0 saturated heterocycles. The molecule has 0 aliphatic carbocycles. The Morgan fingerprint density at radius 1 is 0.897 bits per heavy atom.